The molecule has 0 spiro atoms. The number of hydrogen-bond acceptors (Lipinski definition) is 6. The first-order chi connectivity index (χ1) is 20.4. The SMILES string of the molecule is CCCSc1ccc(-c2nn(-c3ccccc3)cc2/C=C2/C(=O)N(Cc3ccc(OC)cc3)C(=O)C(C#N)=C2C)cc1. The number of aromatic nitrogens is 2. The number of rotatable bonds is 9. The van der Waals surface area contributed by atoms with Crippen molar-refractivity contribution in [2.45, 2.75) is 31.7 Å². The molecule has 0 atom stereocenters. The first kappa shape index (κ1) is 28.7. The molecule has 5 rings (SSSR count). The number of benzene rings is 3. The van der Waals surface area contributed by atoms with Gasteiger partial charge in [-0.1, -0.05) is 49.4 Å². The van der Waals surface area contributed by atoms with Crippen LogP contribution in [0.4, 0.5) is 0 Å². The fourth-order valence-electron chi connectivity index (χ4n) is 4.70. The minimum Gasteiger partial charge on any atom is -0.497 e. The molecule has 0 unspecified atom stereocenters. The van der Waals surface area contributed by atoms with Crippen molar-refractivity contribution in [3.05, 3.63) is 113 Å². The molecule has 8 heteroatoms. The van der Waals surface area contributed by atoms with Crippen LogP contribution in [-0.2, 0) is 16.1 Å². The third-order valence-corrected chi connectivity index (χ3v) is 8.21. The molecule has 42 heavy (non-hydrogen) atoms. The van der Waals surface area contributed by atoms with Gasteiger partial charge < -0.3 is 4.74 Å². The Kier molecular flexibility index (Phi) is 8.70. The molecule has 0 saturated carbocycles. The zero-order chi connectivity index (χ0) is 29.6. The number of ether oxygens (including phenoxy) is 1. The van der Waals surface area contributed by atoms with Crippen LogP contribution in [0.5, 0.6) is 5.75 Å². The van der Waals surface area contributed by atoms with Crippen molar-refractivity contribution >= 4 is 29.7 Å². The summed E-state index contributed by atoms with van der Waals surface area (Å²) in [6.07, 6.45) is 4.70. The molecule has 0 aliphatic carbocycles. The molecule has 1 aromatic heterocycles. The van der Waals surface area contributed by atoms with Crippen LogP contribution in [0.25, 0.3) is 23.0 Å². The Bertz CT molecular complexity index is 1710. The third kappa shape index (κ3) is 5.92. The van der Waals surface area contributed by atoms with Crippen molar-refractivity contribution in [1.82, 2.24) is 14.7 Å². The first-order valence-electron chi connectivity index (χ1n) is 13.6. The van der Waals surface area contributed by atoms with E-state index in [0.717, 1.165) is 33.9 Å². The van der Waals surface area contributed by atoms with Crippen molar-refractivity contribution in [2.24, 2.45) is 0 Å². The molecule has 2 heterocycles. The average Bonchev–Trinajstić information content (AvgIpc) is 3.45. The van der Waals surface area contributed by atoms with Crippen LogP contribution in [0, 0.1) is 11.3 Å². The van der Waals surface area contributed by atoms with Crippen molar-refractivity contribution < 1.29 is 14.3 Å². The summed E-state index contributed by atoms with van der Waals surface area (Å²) in [5.74, 6) is 0.648. The Labute approximate surface area is 249 Å². The van der Waals surface area contributed by atoms with Gasteiger partial charge in [-0.25, -0.2) is 4.68 Å². The molecule has 1 aliphatic rings. The Morgan fingerprint density at radius 1 is 0.976 bits per heavy atom. The third-order valence-electron chi connectivity index (χ3n) is 6.99. The topological polar surface area (TPSA) is 88.2 Å². The fourth-order valence-corrected chi connectivity index (χ4v) is 5.47. The Morgan fingerprint density at radius 3 is 2.33 bits per heavy atom. The second-order valence-electron chi connectivity index (χ2n) is 9.80. The molecule has 0 N–H and O–H groups in total. The number of thioether (sulfide) groups is 1. The number of amides is 2. The van der Waals surface area contributed by atoms with E-state index in [1.54, 1.807) is 60.8 Å². The Balaban J connectivity index is 1.59. The molecule has 3 aromatic carbocycles. The van der Waals surface area contributed by atoms with Gasteiger partial charge in [0.15, 0.2) is 0 Å². The maximum Gasteiger partial charge on any atom is 0.271 e. The molecular weight excluding hydrogens is 544 g/mol. The zero-order valence-corrected chi connectivity index (χ0v) is 24.5. The number of para-hydroxylation sites is 1. The van der Waals surface area contributed by atoms with E-state index in [1.165, 1.54) is 4.90 Å². The molecular formula is C34H30N4O3S. The summed E-state index contributed by atoms with van der Waals surface area (Å²) >= 11 is 1.80. The largest absolute Gasteiger partial charge is 0.497 e. The predicted octanol–water partition coefficient (Wildman–Crippen LogP) is 6.84. The second kappa shape index (κ2) is 12.8. The van der Waals surface area contributed by atoms with Crippen LogP contribution in [0.15, 0.2) is 107 Å². The highest BCUT2D eigenvalue weighted by Gasteiger charge is 2.35. The Hall–Kier alpha value is -4.87. The maximum atomic E-state index is 13.8. The molecule has 0 radical (unpaired) electrons. The lowest BCUT2D eigenvalue weighted by molar-refractivity contribution is -0.141. The minimum atomic E-state index is -0.603. The van der Waals surface area contributed by atoms with Gasteiger partial charge >= 0.3 is 0 Å². The summed E-state index contributed by atoms with van der Waals surface area (Å²) in [4.78, 5) is 29.4. The van der Waals surface area contributed by atoms with Crippen molar-refractivity contribution in [1.29, 1.82) is 5.26 Å². The molecule has 7 nitrogen and oxygen atoms in total. The number of carbonyl (C=O) groups is 2. The summed E-state index contributed by atoms with van der Waals surface area (Å²) in [5, 5.41) is 14.8. The van der Waals surface area contributed by atoms with Gasteiger partial charge in [0.2, 0.25) is 0 Å². The van der Waals surface area contributed by atoms with Crippen LogP contribution in [-0.4, -0.2) is 39.4 Å². The molecule has 4 aromatic rings. The van der Waals surface area contributed by atoms with E-state index in [0.29, 0.717) is 22.6 Å². The summed E-state index contributed by atoms with van der Waals surface area (Å²) < 4.78 is 7.00. The number of carbonyl (C=O) groups excluding carboxylic acids is 2. The average molecular weight is 575 g/mol. The van der Waals surface area contributed by atoms with Crippen molar-refractivity contribution in [2.75, 3.05) is 12.9 Å². The van der Waals surface area contributed by atoms with Gasteiger partial charge in [-0.15, -0.1) is 11.8 Å². The first-order valence-corrected chi connectivity index (χ1v) is 14.6. The van der Waals surface area contributed by atoms with E-state index >= 15 is 0 Å². The molecule has 2 amide bonds. The summed E-state index contributed by atoms with van der Waals surface area (Å²) in [6, 6.07) is 27.1. The molecule has 1 aliphatic heterocycles. The summed E-state index contributed by atoms with van der Waals surface area (Å²) in [7, 11) is 1.57. The quantitative estimate of drug-likeness (QED) is 0.124. The van der Waals surface area contributed by atoms with E-state index in [1.807, 2.05) is 54.7 Å². The van der Waals surface area contributed by atoms with Gasteiger partial charge in [-0.05, 0) is 72.7 Å². The van der Waals surface area contributed by atoms with Gasteiger partial charge in [-0.3, -0.25) is 14.5 Å². The number of methoxy groups -OCH3 is 1. The van der Waals surface area contributed by atoms with E-state index < -0.39 is 11.8 Å². The smallest absolute Gasteiger partial charge is 0.271 e. The summed E-state index contributed by atoms with van der Waals surface area (Å²) in [6.45, 7) is 3.83. The molecule has 0 bridgehead atoms. The highest BCUT2D eigenvalue weighted by atomic mass is 32.2. The van der Waals surface area contributed by atoms with Crippen LogP contribution >= 0.6 is 11.8 Å². The van der Waals surface area contributed by atoms with Gasteiger partial charge in [0, 0.05) is 27.8 Å². The maximum absolute atomic E-state index is 13.8. The normalized spacial score (nSPS) is 14.4. The lowest BCUT2D eigenvalue weighted by atomic mass is 9.93. The van der Waals surface area contributed by atoms with E-state index in [9.17, 15) is 14.9 Å². The van der Waals surface area contributed by atoms with Crippen LogP contribution < -0.4 is 4.74 Å². The van der Waals surface area contributed by atoms with Crippen LogP contribution in [0.1, 0.15) is 31.4 Å². The summed E-state index contributed by atoms with van der Waals surface area (Å²) in [5.41, 5.74) is 4.48. The van der Waals surface area contributed by atoms with Gasteiger partial charge in [0.25, 0.3) is 11.8 Å². The highest BCUT2D eigenvalue weighted by Crippen LogP contribution is 2.33. The second-order valence-corrected chi connectivity index (χ2v) is 11.0. The molecule has 210 valence electrons. The predicted molar refractivity (Wildman–Crippen MR) is 165 cm³/mol. The van der Waals surface area contributed by atoms with Gasteiger partial charge in [0.1, 0.15) is 17.4 Å². The standard InChI is InChI=1S/C34H30N4O3S/c1-4-18-42-29-16-12-25(13-17-29)32-26(22-38(36-32)27-8-6-5-7-9-27)19-30-23(2)31(20-35)34(40)37(33(30)39)21-24-10-14-28(41-3)15-11-24/h5-17,19,22H,4,18,21H2,1-3H3/b30-19+. The minimum absolute atomic E-state index is 0.0322. The number of nitriles is 1. The number of nitrogens with zero attached hydrogens (tertiary/aromatic N) is 4. The fraction of sp³-hybridized carbons (Fsp3) is 0.176. The Morgan fingerprint density at radius 2 is 1.69 bits per heavy atom. The monoisotopic (exact) mass is 574 g/mol. The number of hydrogen-bond donors (Lipinski definition) is 0. The van der Waals surface area contributed by atoms with Crippen molar-refractivity contribution in [3.8, 4) is 28.8 Å². The van der Waals surface area contributed by atoms with Gasteiger partial charge in [-0.2, -0.15) is 10.4 Å². The lowest BCUT2D eigenvalue weighted by Gasteiger charge is -2.27. The molecule has 0 fully saturated rings. The van der Waals surface area contributed by atoms with Crippen LogP contribution in [0.2, 0.25) is 0 Å². The molecule has 0 saturated heterocycles. The van der Waals surface area contributed by atoms with E-state index in [4.69, 9.17) is 9.84 Å². The van der Waals surface area contributed by atoms with E-state index in [-0.39, 0.29) is 17.7 Å². The van der Waals surface area contributed by atoms with Crippen molar-refractivity contribution in [3.63, 3.8) is 0 Å². The van der Waals surface area contributed by atoms with Gasteiger partial charge in [0.05, 0.1) is 25.0 Å². The number of imide groups is 1. The zero-order valence-electron chi connectivity index (χ0n) is 23.7. The highest BCUT2D eigenvalue weighted by molar-refractivity contribution is 7.99. The van der Waals surface area contributed by atoms with Crippen LogP contribution in [0.3, 0.4) is 0 Å². The lowest BCUT2D eigenvalue weighted by Crippen LogP contribution is -2.42. The van der Waals surface area contributed by atoms with E-state index in [2.05, 4.69) is 19.1 Å².